The van der Waals surface area contributed by atoms with Gasteiger partial charge < -0.3 is 10.4 Å². The van der Waals surface area contributed by atoms with Gasteiger partial charge in [0.05, 0.1) is 5.92 Å². The Morgan fingerprint density at radius 2 is 2.27 bits per heavy atom. The van der Waals surface area contributed by atoms with Crippen molar-refractivity contribution in [3.8, 4) is 0 Å². The minimum Gasteiger partial charge on any atom is -0.480 e. The maximum atomic E-state index is 12.5. The van der Waals surface area contributed by atoms with Gasteiger partial charge in [-0.3, -0.25) is 4.79 Å². The van der Waals surface area contributed by atoms with Crippen molar-refractivity contribution in [2.45, 2.75) is 12.0 Å². The van der Waals surface area contributed by atoms with Crippen molar-refractivity contribution in [1.29, 1.82) is 0 Å². The standard InChI is InChI=1S/C6H7F2NO2/c7-6(8)2-1-9-4(3(2)6)5(10)11/h2-4,9H,1H2,(H,10,11). The van der Waals surface area contributed by atoms with Crippen molar-refractivity contribution >= 4 is 5.97 Å². The van der Waals surface area contributed by atoms with Gasteiger partial charge in [0, 0.05) is 12.5 Å². The van der Waals surface area contributed by atoms with Crippen LogP contribution in [0.3, 0.4) is 0 Å². The zero-order chi connectivity index (χ0) is 8.22. The first-order valence-corrected chi connectivity index (χ1v) is 3.39. The Morgan fingerprint density at radius 1 is 1.64 bits per heavy atom. The maximum absolute atomic E-state index is 12.5. The predicted octanol–water partition coefficient (Wildman–Crippen LogP) is -0.0759. The summed E-state index contributed by atoms with van der Waals surface area (Å²) in [4.78, 5) is 10.3. The average Bonchev–Trinajstić information content (AvgIpc) is 2.34. The molecule has 2 aliphatic rings. The van der Waals surface area contributed by atoms with Gasteiger partial charge in [0.1, 0.15) is 6.04 Å². The first-order chi connectivity index (χ1) is 5.05. The molecule has 0 bridgehead atoms. The van der Waals surface area contributed by atoms with Gasteiger partial charge in [-0.2, -0.15) is 0 Å². The monoisotopic (exact) mass is 163 g/mol. The number of carboxylic acids is 1. The highest BCUT2D eigenvalue weighted by molar-refractivity contribution is 5.75. The summed E-state index contributed by atoms with van der Waals surface area (Å²) in [5, 5.41) is 11.0. The fourth-order valence-electron chi connectivity index (χ4n) is 1.76. The highest BCUT2D eigenvalue weighted by Crippen LogP contribution is 2.59. The van der Waals surface area contributed by atoms with Crippen LogP contribution < -0.4 is 5.32 Å². The van der Waals surface area contributed by atoms with Gasteiger partial charge in [-0.25, -0.2) is 8.78 Å². The van der Waals surface area contributed by atoms with Gasteiger partial charge in [0.15, 0.2) is 0 Å². The van der Waals surface area contributed by atoms with E-state index in [0.717, 1.165) is 0 Å². The first-order valence-electron chi connectivity index (χ1n) is 3.39. The molecule has 1 saturated carbocycles. The summed E-state index contributed by atoms with van der Waals surface area (Å²) in [6, 6.07) is -1.03. The van der Waals surface area contributed by atoms with Crippen molar-refractivity contribution in [3.05, 3.63) is 0 Å². The van der Waals surface area contributed by atoms with E-state index in [1.807, 2.05) is 0 Å². The molecule has 0 amide bonds. The number of nitrogens with one attached hydrogen (secondary N) is 1. The Bertz CT molecular complexity index is 219. The van der Waals surface area contributed by atoms with Crippen LogP contribution in [-0.4, -0.2) is 29.6 Å². The average molecular weight is 163 g/mol. The number of halogens is 2. The highest BCUT2D eigenvalue weighted by Gasteiger charge is 2.75. The topological polar surface area (TPSA) is 49.3 Å². The van der Waals surface area contributed by atoms with Gasteiger partial charge in [0.25, 0.3) is 5.92 Å². The van der Waals surface area contributed by atoms with Gasteiger partial charge in [-0.15, -0.1) is 0 Å². The first kappa shape index (κ1) is 6.97. The van der Waals surface area contributed by atoms with Crippen LogP contribution in [0.5, 0.6) is 0 Å². The zero-order valence-electron chi connectivity index (χ0n) is 5.55. The number of aliphatic carboxylic acids is 1. The molecule has 0 radical (unpaired) electrons. The molecule has 2 rings (SSSR count). The van der Waals surface area contributed by atoms with E-state index in [4.69, 9.17) is 5.11 Å². The Kier molecular flexibility index (Phi) is 1.09. The molecule has 2 N–H and O–H groups in total. The van der Waals surface area contributed by atoms with Crippen LogP contribution >= 0.6 is 0 Å². The molecule has 11 heavy (non-hydrogen) atoms. The summed E-state index contributed by atoms with van der Waals surface area (Å²) in [5.41, 5.74) is 0. The second-order valence-corrected chi connectivity index (χ2v) is 3.03. The van der Waals surface area contributed by atoms with E-state index in [0.29, 0.717) is 0 Å². The predicted molar refractivity (Wildman–Crippen MR) is 31.4 cm³/mol. The van der Waals surface area contributed by atoms with E-state index >= 15 is 0 Å². The lowest BCUT2D eigenvalue weighted by atomic mass is 10.2. The third-order valence-corrected chi connectivity index (χ3v) is 2.45. The van der Waals surface area contributed by atoms with Crippen LogP contribution in [-0.2, 0) is 4.79 Å². The molecular weight excluding hydrogens is 156 g/mol. The molecule has 0 aromatic rings. The van der Waals surface area contributed by atoms with Crippen molar-refractivity contribution in [1.82, 2.24) is 5.32 Å². The second-order valence-electron chi connectivity index (χ2n) is 3.03. The Hall–Kier alpha value is -0.710. The Labute approximate surface area is 61.4 Å². The van der Waals surface area contributed by atoms with Crippen molar-refractivity contribution in [3.63, 3.8) is 0 Å². The number of carbonyl (C=O) groups is 1. The molecule has 1 heterocycles. The van der Waals surface area contributed by atoms with Crippen LogP contribution in [0.15, 0.2) is 0 Å². The number of hydrogen-bond donors (Lipinski definition) is 2. The zero-order valence-corrected chi connectivity index (χ0v) is 5.55. The quantitative estimate of drug-likeness (QED) is 0.568. The van der Waals surface area contributed by atoms with Crippen molar-refractivity contribution in [2.24, 2.45) is 11.8 Å². The molecule has 1 aliphatic heterocycles. The van der Waals surface area contributed by atoms with Crippen LogP contribution in [0, 0.1) is 11.8 Å². The molecule has 5 heteroatoms. The Morgan fingerprint density at radius 3 is 2.55 bits per heavy atom. The smallest absolute Gasteiger partial charge is 0.321 e. The number of fused-ring (bicyclic) bond motifs is 1. The lowest BCUT2D eigenvalue weighted by molar-refractivity contribution is -0.140. The molecule has 3 unspecified atom stereocenters. The van der Waals surface area contributed by atoms with Crippen molar-refractivity contribution in [2.75, 3.05) is 6.54 Å². The lowest BCUT2D eigenvalue weighted by Gasteiger charge is -2.09. The Balaban J connectivity index is 2.13. The third kappa shape index (κ3) is 0.714. The summed E-state index contributed by atoms with van der Waals surface area (Å²) in [7, 11) is 0. The molecule has 0 aromatic carbocycles. The van der Waals surface area contributed by atoms with E-state index in [1.54, 1.807) is 0 Å². The number of alkyl halides is 2. The minimum atomic E-state index is -2.73. The molecule has 3 atom stereocenters. The van der Waals surface area contributed by atoms with Crippen LogP contribution in [0.4, 0.5) is 8.78 Å². The highest BCUT2D eigenvalue weighted by atomic mass is 19.3. The molecule has 0 aromatic heterocycles. The normalized spacial score (nSPS) is 45.1. The molecular formula is C6H7F2NO2. The van der Waals surface area contributed by atoms with E-state index < -0.39 is 29.8 Å². The summed E-state index contributed by atoms with van der Waals surface area (Å²) in [6.07, 6.45) is 0. The number of hydrogen-bond acceptors (Lipinski definition) is 2. The van der Waals surface area contributed by atoms with Gasteiger partial charge in [-0.05, 0) is 0 Å². The largest absolute Gasteiger partial charge is 0.480 e. The van der Waals surface area contributed by atoms with Crippen LogP contribution in [0.25, 0.3) is 0 Å². The fraction of sp³-hybridized carbons (Fsp3) is 0.833. The summed E-state index contributed by atoms with van der Waals surface area (Å²) in [5.74, 6) is -5.59. The SMILES string of the molecule is O=C(O)C1NCC2C1C2(F)F. The van der Waals surface area contributed by atoms with Gasteiger partial charge >= 0.3 is 5.97 Å². The van der Waals surface area contributed by atoms with Gasteiger partial charge in [0.2, 0.25) is 0 Å². The van der Waals surface area contributed by atoms with E-state index in [1.165, 1.54) is 0 Å². The molecule has 2 fully saturated rings. The maximum Gasteiger partial charge on any atom is 0.321 e. The number of rotatable bonds is 1. The second kappa shape index (κ2) is 1.72. The van der Waals surface area contributed by atoms with Crippen LogP contribution in [0.2, 0.25) is 0 Å². The van der Waals surface area contributed by atoms with Gasteiger partial charge in [-0.1, -0.05) is 0 Å². The third-order valence-electron chi connectivity index (χ3n) is 2.45. The van der Waals surface area contributed by atoms with Crippen LogP contribution in [0.1, 0.15) is 0 Å². The van der Waals surface area contributed by atoms with E-state index in [-0.39, 0.29) is 6.54 Å². The summed E-state index contributed by atoms with van der Waals surface area (Å²) >= 11 is 0. The fourth-order valence-corrected chi connectivity index (χ4v) is 1.76. The van der Waals surface area contributed by atoms with E-state index in [9.17, 15) is 13.6 Å². The lowest BCUT2D eigenvalue weighted by Crippen LogP contribution is -2.38. The molecule has 62 valence electrons. The molecule has 0 spiro atoms. The molecule has 1 saturated heterocycles. The number of carboxylic acid groups (broad SMARTS) is 1. The van der Waals surface area contributed by atoms with Crippen molar-refractivity contribution < 1.29 is 18.7 Å². The summed E-state index contributed by atoms with van der Waals surface area (Å²) < 4.78 is 25.1. The molecule has 3 nitrogen and oxygen atoms in total. The number of piperidine rings is 1. The van der Waals surface area contributed by atoms with E-state index in [2.05, 4.69) is 5.32 Å². The minimum absolute atomic E-state index is 0.134. The summed E-state index contributed by atoms with van der Waals surface area (Å²) in [6.45, 7) is 0.134. The molecule has 1 aliphatic carbocycles.